The summed E-state index contributed by atoms with van der Waals surface area (Å²) in [7, 11) is 0. The molecule has 0 aromatic heterocycles. The zero-order valence-electron chi connectivity index (χ0n) is 9.69. The summed E-state index contributed by atoms with van der Waals surface area (Å²) in [5.41, 5.74) is 5.24. The Bertz CT molecular complexity index is 366. The van der Waals surface area contributed by atoms with Crippen LogP contribution in [0.5, 0.6) is 0 Å². The molecule has 0 heterocycles. The van der Waals surface area contributed by atoms with Crippen molar-refractivity contribution in [1.29, 1.82) is 0 Å². The lowest BCUT2D eigenvalue weighted by Gasteiger charge is -2.58. The minimum Gasteiger partial charge on any atom is -0.465 e. The molecule has 5 heteroatoms. The van der Waals surface area contributed by atoms with Gasteiger partial charge in [-0.2, -0.15) is 0 Å². The molecule has 0 spiro atoms. The van der Waals surface area contributed by atoms with Crippen LogP contribution >= 0.6 is 0 Å². The smallest absolute Gasteiger partial charge is 0.404 e. The van der Waals surface area contributed by atoms with Gasteiger partial charge in [0.15, 0.2) is 0 Å². The summed E-state index contributed by atoms with van der Waals surface area (Å²) in [6.45, 7) is 0. The van der Waals surface area contributed by atoms with E-state index in [4.69, 9.17) is 10.8 Å². The van der Waals surface area contributed by atoms with Crippen LogP contribution in [-0.2, 0) is 4.79 Å². The van der Waals surface area contributed by atoms with Gasteiger partial charge < -0.3 is 16.2 Å². The van der Waals surface area contributed by atoms with E-state index in [0.717, 1.165) is 32.1 Å². The van der Waals surface area contributed by atoms with Gasteiger partial charge in [-0.25, -0.2) is 4.79 Å². The van der Waals surface area contributed by atoms with Crippen molar-refractivity contribution in [3.63, 3.8) is 0 Å². The van der Waals surface area contributed by atoms with Crippen molar-refractivity contribution in [2.24, 2.45) is 28.9 Å². The molecule has 0 aliphatic heterocycles. The van der Waals surface area contributed by atoms with E-state index in [1.165, 1.54) is 0 Å². The van der Waals surface area contributed by atoms with Crippen molar-refractivity contribution in [2.75, 3.05) is 0 Å². The molecule has 0 radical (unpaired) electrons. The molecule has 4 bridgehead atoms. The molecule has 4 N–H and O–H groups in total. The lowest BCUT2D eigenvalue weighted by Crippen LogP contribution is -2.61. The Morgan fingerprint density at radius 1 is 1.18 bits per heavy atom. The lowest BCUT2D eigenvalue weighted by molar-refractivity contribution is -0.145. The van der Waals surface area contributed by atoms with Crippen LogP contribution in [0.4, 0.5) is 4.79 Å². The van der Waals surface area contributed by atoms with Crippen molar-refractivity contribution in [3.05, 3.63) is 0 Å². The van der Waals surface area contributed by atoms with Gasteiger partial charge in [-0.05, 0) is 49.9 Å². The Hall–Kier alpha value is -1.26. The molecule has 4 saturated carbocycles. The number of carbonyl (C=O) groups is 2. The van der Waals surface area contributed by atoms with Gasteiger partial charge in [0.25, 0.3) is 0 Å². The SMILES string of the molecule is NC(=O)C12CC3C[C@H](C1)C(NC(=O)O)[C@@H](C3)C2. The normalized spacial score (nSPS) is 46.8. The highest BCUT2D eigenvalue weighted by Crippen LogP contribution is 2.59. The predicted molar refractivity (Wildman–Crippen MR) is 60.1 cm³/mol. The summed E-state index contributed by atoms with van der Waals surface area (Å²) in [6.07, 6.45) is 3.64. The fourth-order valence-electron chi connectivity index (χ4n) is 4.70. The van der Waals surface area contributed by atoms with E-state index in [0.29, 0.717) is 17.8 Å². The van der Waals surface area contributed by atoms with Crippen LogP contribution in [0, 0.1) is 23.2 Å². The van der Waals surface area contributed by atoms with Gasteiger partial charge in [-0.15, -0.1) is 0 Å². The fraction of sp³-hybridized carbons (Fsp3) is 0.833. The van der Waals surface area contributed by atoms with E-state index < -0.39 is 6.09 Å². The van der Waals surface area contributed by atoms with Gasteiger partial charge in [-0.1, -0.05) is 0 Å². The Labute approximate surface area is 99.7 Å². The quantitative estimate of drug-likeness (QED) is 0.668. The van der Waals surface area contributed by atoms with E-state index in [2.05, 4.69) is 5.32 Å². The molecule has 5 atom stereocenters. The van der Waals surface area contributed by atoms with Gasteiger partial charge in [0.1, 0.15) is 0 Å². The molecule has 5 nitrogen and oxygen atoms in total. The molecular formula is C12H18N2O3. The Balaban J connectivity index is 1.85. The van der Waals surface area contributed by atoms with Gasteiger partial charge in [0.05, 0.1) is 0 Å². The Morgan fingerprint density at radius 3 is 2.24 bits per heavy atom. The first-order chi connectivity index (χ1) is 8.00. The third-order valence-electron chi connectivity index (χ3n) is 5.09. The number of nitrogens with two attached hydrogens (primary N) is 1. The van der Waals surface area contributed by atoms with Crippen LogP contribution in [0.15, 0.2) is 0 Å². The molecule has 2 amide bonds. The molecule has 3 unspecified atom stereocenters. The van der Waals surface area contributed by atoms with E-state index in [1.807, 2.05) is 0 Å². The number of rotatable bonds is 2. The number of hydrogen-bond donors (Lipinski definition) is 3. The van der Waals surface area contributed by atoms with E-state index in [-0.39, 0.29) is 17.4 Å². The van der Waals surface area contributed by atoms with Crippen LogP contribution in [0.25, 0.3) is 0 Å². The van der Waals surface area contributed by atoms with Crippen molar-refractivity contribution in [3.8, 4) is 0 Å². The molecule has 0 aromatic carbocycles. The number of carbonyl (C=O) groups excluding carboxylic acids is 1. The van der Waals surface area contributed by atoms with Crippen LogP contribution < -0.4 is 11.1 Å². The number of amides is 2. The maximum atomic E-state index is 11.7. The zero-order valence-corrected chi connectivity index (χ0v) is 9.69. The Kier molecular flexibility index (Phi) is 2.15. The molecule has 4 rings (SSSR count). The molecule has 0 saturated heterocycles. The number of carboxylic acid groups (broad SMARTS) is 1. The maximum absolute atomic E-state index is 11.7. The third kappa shape index (κ3) is 1.51. The molecule has 0 aromatic rings. The summed E-state index contributed by atoms with van der Waals surface area (Å²) in [4.78, 5) is 22.5. The van der Waals surface area contributed by atoms with Crippen molar-refractivity contribution in [1.82, 2.24) is 5.32 Å². The highest BCUT2D eigenvalue weighted by molar-refractivity contribution is 5.81. The second kappa shape index (κ2) is 3.37. The first-order valence-corrected chi connectivity index (χ1v) is 6.29. The summed E-state index contributed by atoms with van der Waals surface area (Å²) in [6, 6.07) is 0.0384. The zero-order chi connectivity index (χ0) is 12.2. The molecule has 4 aliphatic carbocycles. The van der Waals surface area contributed by atoms with Gasteiger partial charge >= 0.3 is 6.09 Å². The van der Waals surface area contributed by atoms with E-state index >= 15 is 0 Å². The monoisotopic (exact) mass is 238 g/mol. The topological polar surface area (TPSA) is 92.4 Å². The fourth-order valence-corrected chi connectivity index (χ4v) is 4.70. The van der Waals surface area contributed by atoms with Crippen molar-refractivity contribution in [2.45, 2.75) is 38.1 Å². The molecule has 4 aliphatic rings. The lowest BCUT2D eigenvalue weighted by atomic mass is 9.47. The van der Waals surface area contributed by atoms with Crippen LogP contribution in [0.2, 0.25) is 0 Å². The number of nitrogens with one attached hydrogen (secondary N) is 1. The average molecular weight is 238 g/mol. The Morgan fingerprint density at radius 2 is 1.76 bits per heavy atom. The minimum absolute atomic E-state index is 0.0384. The van der Waals surface area contributed by atoms with Gasteiger partial charge in [-0.3, -0.25) is 4.79 Å². The second-order valence-corrected chi connectivity index (χ2v) is 6.09. The summed E-state index contributed by atoms with van der Waals surface area (Å²) in [5, 5.41) is 11.5. The molecular weight excluding hydrogens is 220 g/mol. The predicted octanol–water partition coefficient (Wildman–Crippen LogP) is 0.934. The van der Waals surface area contributed by atoms with Crippen molar-refractivity contribution < 1.29 is 14.7 Å². The maximum Gasteiger partial charge on any atom is 0.404 e. The average Bonchev–Trinajstić information content (AvgIpc) is 2.22. The number of hydrogen-bond acceptors (Lipinski definition) is 2. The van der Waals surface area contributed by atoms with Crippen LogP contribution in [-0.4, -0.2) is 23.1 Å². The summed E-state index contributed by atoms with van der Waals surface area (Å²) < 4.78 is 0. The highest BCUT2D eigenvalue weighted by atomic mass is 16.4. The minimum atomic E-state index is -0.949. The number of primary amides is 1. The van der Waals surface area contributed by atoms with E-state index in [1.54, 1.807) is 0 Å². The first-order valence-electron chi connectivity index (χ1n) is 6.29. The molecule has 4 fully saturated rings. The first kappa shape index (κ1) is 10.9. The van der Waals surface area contributed by atoms with Gasteiger partial charge in [0.2, 0.25) is 5.91 Å². The molecule has 94 valence electrons. The summed E-state index contributed by atoms with van der Waals surface area (Å²) in [5.74, 6) is 1.02. The van der Waals surface area contributed by atoms with Gasteiger partial charge in [0, 0.05) is 11.5 Å². The largest absolute Gasteiger partial charge is 0.465 e. The van der Waals surface area contributed by atoms with Crippen molar-refractivity contribution >= 4 is 12.0 Å². The third-order valence-corrected chi connectivity index (χ3v) is 5.09. The highest BCUT2D eigenvalue weighted by Gasteiger charge is 2.58. The van der Waals surface area contributed by atoms with Crippen LogP contribution in [0.3, 0.4) is 0 Å². The standard InChI is InChI=1S/C12H18N2O3/c13-10(15)12-3-6-1-7(4-12)9(14-11(16)17)8(2-6)5-12/h6-9,14H,1-5H2,(H2,13,15)(H,16,17)/t6?,7-,8+,9?,12?. The van der Waals surface area contributed by atoms with Crippen LogP contribution in [0.1, 0.15) is 32.1 Å². The second-order valence-electron chi connectivity index (χ2n) is 6.09. The van der Waals surface area contributed by atoms with E-state index in [9.17, 15) is 9.59 Å². The molecule has 17 heavy (non-hydrogen) atoms. The summed E-state index contributed by atoms with van der Waals surface area (Å²) >= 11 is 0.